The molecule has 152 valence electrons. The summed E-state index contributed by atoms with van der Waals surface area (Å²) in [5, 5.41) is 7.39. The van der Waals surface area contributed by atoms with Gasteiger partial charge in [0.05, 0.1) is 6.04 Å². The number of benzene rings is 1. The molecule has 1 saturated heterocycles. The molecule has 0 aliphatic carbocycles. The van der Waals surface area contributed by atoms with Crippen LogP contribution in [-0.4, -0.2) is 50.0 Å². The van der Waals surface area contributed by atoms with Gasteiger partial charge in [0.25, 0.3) is 5.78 Å². The third kappa shape index (κ3) is 4.29. The predicted molar refractivity (Wildman–Crippen MR) is 112 cm³/mol. The molecule has 0 saturated carbocycles. The number of carbonyl (C=O) groups excluding carboxylic acids is 1. The van der Waals surface area contributed by atoms with Gasteiger partial charge in [0.2, 0.25) is 5.91 Å². The lowest BCUT2D eigenvalue weighted by Crippen LogP contribution is -2.36. The molecule has 1 N–H and O–H groups in total. The van der Waals surface area contributed by atoms with Crippen molar-refractivity contribution in [2.45, 2.75) is 45.6 Å². The molecule has 1 aromatic carbocycles. The van der Waals surface area contributed by atoms with Crippen molar-refractivity contribution in [2.24, 2.45) is 0 Å². The van der Waals surface area contributed by atoms with E-state index in [1.54, 1.807) is 4.52 Å². The van der Waals surface area contributed by atoms with Gasteiger partial charge in [0, 0.05) is 24.4 Å². The van der Waals surface area contributed by atoms with E-state index >= 15 is 0 Å². The van der Waals surface area contributed by atoms with Crippen molar-refractivity contribution in [2.75, 3.05) is 19.6 Å². The van der Waals surface area contributed by atoms with Crippen LogP contribution in [0.3, 0.4) is 0 Å². The van der Waals surface area contributed by atoms with Gasteiger partial charge in [-0.2, -0.15) is 10.1 Å². The second-order valence-electron chi connectivity index (χ2n) is 7.71. The molecule has 3 aromatic rings. The van der Waals surface area contributed by atoms with Crippen molar-refractivity contribution < 1.29 is 4.79 Å². The number of amides is 1. The third-order valence-corrected chi connectivity index (χ3v) is 5.85. The molecule has 2 aromatic heterocycles. The smallest absolute Gasteiger partial charge is 0.252 e. The van der Waals surface area contributed by atoms with Crippen molar-refractivity contribution in [3.8, 4) is 0 Å². The fourth-order valence-electron chi connectivity index (χ4n) is 4.24. The van der Waals surface area contributed by atoms with Crippen LogP contribution >= 0.6 is 0 Å². The van der Waals surface area contributed by atoms with Gasteiger partial charge in [-0.05, 0) is 57.3 Å². The summed E-state index contributed by atoms with van der Waals surface area (Å²) in [6, 6.07) is 10.7. The lowest BCUT2D eigenvalue weighted by molar-refractivity contribution is -0.121. The van der Waals surface area contributed by atoms with E-state index < -0.39 is 0 Å². The third-order valence-electron chi connectivity index (χ3n) is 5.85. The topological polar surface area (TPSA) is 75.4 Å². The normalized spacial score (nSPS) is 15.7. The first-order chi connectivity index (χ1) is 14.1. The SMILES string of the molecule is Cc1nc2ncnn2c(C)c1CCC(=O)NCC(c1ccccc1)N1CCCC1. The van der Waals surface area contributed by atoms with Crippen molar-refractivity contribution >= 4 is 11.7 Å². The quantitative estimate of drug-likeness (QED) is 0.669. The number of aromatic nitrogens is 4. The first-order valence-corrected chi connectivity index (χ1v) is 10.3. The lowest BCUT2D eigenvalue weighted by Gasteiger charge is -2.28. The monoisotopic (exact) mass is 392 g/mol. The predicted octanol–water partition coefficient (Wildman–Crippen LogP) is 2.63. The van der Waals surface area contributed by atoms with Gasteiger partial charge in [-0.25, -0.2) is 9.50 Å². The van der Waals surface area contributed by atoms with Crippen LogP contribution in [0.1, 0.15) is 47.8 Å². The standard InChI is InChI=1S/C22H28N6O/c1-16-19(17(2)28-22(26-16)24-15-25-28)10-11-21(29)23-14-20(27-12-6-7-13-27)18-8-4-3-5-9-18/h3-5,8-9,15,20H,6-7,10-14H2,1-2H3,(H,23,29). The molecule has 0 spiro atoms. The van der Waals surface area contributed by atoms with Crippen molar-refractivity contribution in [3.63, 3.8) is 0 Å². The maximum atomic E-state index is 12.6. The summed E-state index contributed by atoms with van der Waals surface area (Å²) in [5.74, 6) is 0.673. The molecule has 1 aliphatic rings. The van der Waals surface area contributed by atoms with E-state index in [1.807, 2.05) is 19.9 Å². The highest BCUT2D eigenvalue weighted by Crippen LogP contribution is 2.24. The van der Waals surface area contributed by atoms with Crippen LogP contribution in [0.4, 0.5) is 0 Å². The van der Waals surface area contributed by atoms with E-state index in [0.717, 1.165) is 30.0 Å². The van der Waals surface area contributed by atoms with Gasteiger partial charge in [-0.1, -0.05) is 30.3 Å². The maximum Gasteiger partial charge on any atom is 0.252 e. The Hall–Kier alpha value is -2.80. The van der Waals surface area contributed by atoms with Crippen molar-refractivity contribution in [1.82, 2.24) is 29.8 Å². The Morgan fingerprint density at radius 2 is 1.93 bits per heavy atom. The Morgan fingerprint density at radius 3 is 2.69 bits per heavy atom. The molecule has 1 atom stereocenters. The average Bonchev–Trinajstić information content (AvgIpc) is 3.41. The largest absolute Gasteiger partial charge is 0.354 e. The highest BCUT2D eigenvalue weighted by molar-refractivity contribution is 5.76. The van der Waals surface area contributed by atoms with Crippen LogP contribution in [-0.2, 0) is 11.2 Å². The van der Waals surface area contributed by atoms with Crippen LogP contribution in [0, 0.1) is 13.8 Å². The number of rotatable bonds is 7. The number of hydrogen-bond acceptors (Lipinski definition) is 5. The van der Waals surface area contributed by atoms with Crippen LogP contribution in [0.5, 0.6) is 0 Å². The number of likely N-dealkylation sites (tertiary alicyclic amines) is 1. The zero-order valence-corrected chi connectivity index (χ0v) is 17.1. The molecule has 7 nitrogen and oxygen atoms in total. The molecule has 3 heterocycles. The van der Waals surface area contributed by atoms with Crippen molar-refractivity contribution in [1.29, 1.82) is 0 Å². The number of carbonyl (C=O) groups is 1. The van der Waals surface area contributed by atoms with Crippen molar-refractivity contribution in [3.05, 3.63) is 59.2 Å². The van der Waals surface area contributed by atoms with E-state index in [2.05, 4.69) is 49.5 Å². The molecular formula is C22H28N6O. The van der Waals surface area contributed by atoms with E-state index in [9.17, 15) is 4.79 Å². The van der Waals surface area contributed by atoms with E-state index in [4.69, 9.17) is 0 Å². The Balaban J connectivity index is 1.39. The number of hydrogen-bond donors (Lipinski definition) is 1. The fraction of sp³-hybridized carbons (Fsp3) is 0.455. The highest BCUT2D eigenvalue weighted by atomic mass is 16.1. The molecule has 0 bridgehead atoms. The molecule has 1 amide bonds. The minimum absolute atomic E-state index is 0.0719. The van der Waals surface area contributed by atoms with Crippen LogP contribution in [0.2, 0.25) is 0 Å². The Bertz CT molecular complexity index is 978. The molecule has 1 fully saturated rings. The van der Waals surface area contributed by atoms with Gasteiger partial charge in [-0.15, -0.1) is 0 Å². The summed E-state index contributed by atoms with van der Waals surface area (Å²) in [6.07, 6.45) is 5.05. The number of nitrogens with zero attached hydrogens (tertiary/aromatic N) is 5. The number of fused-ring (bicyclic) bond motifs is 1. The molecule has 4 rings (SSSR count). The first kappa shape index (κ1) is 19.5. The van der Waals surface area contributed by atoms with Gasteiger partial charge in [0.1, 0.15) is 6.33 Å². The molecule has 29 heavy (non-hydrogen) atoms. The van der Waals surface area contributed by atoms with Crippen LogP contribution in [0.25, 0.3) is 5.78 Å². The van der Waals surface area contributed by atoms with E-state index in [1.165, 1.54) is 24.7 Å². The maximum absolute atomic E-state index is 12.6. The molecule has 1 aliphatic heterocycles. The van der Waals surface area contributed by atoms with Gasteiger partial charge >= 0.3 is 0 Å². The summed E-state index contributed by atoms with van der Waals surface area (Å²) in [6.45, 7) is 6.80. The number of aryl methyl sites for hydroxylation is 2. The second kappa shape index (κ2) is 8.69. The summed E-state index contributed by atoms with van der Waals surface area (Å²) >= 11 is 0. The van der Waals surface area contributed by atoms with Gasteiger partial charge < -0.3 is 5.32 Å². The fourth-order valence-corrected chi connectivity index (χ4v) is 4.24. The lowest BCUT2D eigenvalue weighted by atomic mass is 10.0. The Kier molecular flexibility index (Phi) is 5.85. The first-order valence-electron chi connectivity index (χ1n) is 10.3. The molecular weight excluding hydrogens is 364 g/mol. The summed E-state index contributed by atoms with van der Waals surface area (Å²) in [4.78, 5) is 23.7. The van der Waals surface area contributed by atoms with Gasteiger partial charge in [-0.3, -0.25) is 9.69 Å². The Labute approximate surface area is 171 Å². The summed E-state index contributed by atoms with van der Waals surface area (Å²) in [7, 11) is 0. The second-order valence-corrected chi connectivity index (χ2v) is 7.71. The van der Waals surface area contributed by atoms with E-state index in [-0.39, 0.29) is 11.9 Å². The van der Waals surface area contributed by atoms with Gasteiger partial charge in [0.15, 0.2) is 0 Å². The summed E-state index contributed by atoms with van der Waals surface area (Å²) in [5.41, 5.74) is 4.24. The minimum atomic E-state index is 0.0719. The number of nitrogens with one attached hydrogen (secondary N) is 1. The highest BCUT2D eigenvalue weighted by Gasteiger charge is 2.23. The Morgan fingerprint density at radius 1 is 1.17 bits per heavy atom. The minimum Gasteiger partial charge on any atom is -0.354 e. The molecule has 7 heteroatoms. The van der Waals surface area contributed by atoms with Crippen LogP contribution in [0.15, 0.2) is 36.7 Å². The van der Waals surface area contributed by atoms with Crippen LogP contribution < -0.4 is 5.32 Å². The van der Waals surface area contributed by atoms with E-state index in [0.29, 0.717) is 25.2 Å². The molecule has 0 radical (unpaired) electrons. The zero-order chi connectivity index (χ0) is 20.2. The average molecular weight is 393 g/mol. The zero-order valence-electron chi connectivity index (χ0n) is 17.1. The summed E-state index contributed by atoms with van der Waals surface area (Å²) < 4.78 is 1.74. The molecule has 1 unspecified atom stereocenters.